The predicted octanol–water partition coefficient (Wildman–Crippen LogP) is 2.58. The number of piperazine rings is 1. The summed E-state index contributed by atoms with van der Waals surface area (Å²) in [5.41, 5.74) is 0.753. The van der Waals surface area contributed by atoms with Crippen LogP contribution in [0.5, 0.6) is 0 Å². The van der Waals surface area contributed by atoms with Gasteiger partial charge in [0.25, 0.3) is 0 Å². The molecule has 1 fully saturated rings. The van der Waals surface area contributed by atoms with Crippen LogP contribution >= 0.6 is 0 Å². The first-order valence-electron chi connectivity index (χ1n) is 8.50. The van der Waals surface area contributed by atoms with Crippen LogP contribution in [-0.4, -0.2) is 49.0 Å². The summed E-state index contributed by atoms with van der Waals surface area (Å²) in [5.74, 6) is 0.607. The molecule has 7 nitrogen and oxygen atoms in total. The fraction of sp³-hybridized carbons (Fsp3) is 0.278. The molecule has 0 saturated carbocycles. The van der Waals surface area contributed by atoms with Gasteiger partial charge in [0.05, 0.1) is 16.9 Å². The molecule has 0 amide bonds. The molecule has 0 N–H and O–H groups in total. The third-order valence-electron chi connectivity index (χ3n) is 4.47. The van der Waals surface area contributed by atoms with Crippen LogP contribution in [0.4, 0.5) is 4.39 Å². The molecule has 1 saturated heterocycles. The van der Waals surface area contributed by atoms with Gasteiger partial charge in [0.15, 0.2) is 5.76 Å². The molecule has 9 heteroatoms. The van der Waals surface area contributed by atoms with E-state index in [1.54, 1.807) is 18.4 Å². The summed E-state index contributed by atoms with van der Waals surface area (Å²) in [6.45, 7) is 2.33. The van der Waals surface area contributed by atoms with Gasteiger partial charge >= 0.3 is 0 Å². The first-order valence-corrected chi connectivity index (χ1v) is 9.94. The molecule has 142 valence electrons. The molecule has 0 radical (unpaired) electrons. The zero-order valence-corrected chi connectivity index (χ0v) is 15.2. The molecule has 1 aliphatic rings. The maximum Gasteiger partial charge on any atom is 0.243 e. The second-order valence-corrected chi connectivity index (χ2v) is 8.24. The number of furan rings is 1. The Hall–Kier alpha value is -2.49. The highest BCUT2D eigenvalue weighted by Crippen LogP contribution is 2.22. The second kappa shape index (κ2) is 7.26. The summed E-state index contributed by atoms with van der Waals surface area (Å²) >= 11 is 0. The van der Waals surface area contributed by atoms with E-state index in [9.17, 15) is 12.8 Å². The number of hydrogen-bond acceptors (Lipinski definition) is 6. The van der Waals surface area contributed by atoms with Gasteiger partial charge in [0.1, 0.15) is 5.82 Å². The molecule has 0 spiro atoms. The Morgan fingerprint density at radius 2 is 1.85 bits per heavy atom. The Balaban J connectivity index is 1.38. The summed E-state index contributed by atoms with van der Waals surface area (Å²) < 4.78 is 50.6. The first kappa shape index (κ1) is 17.9. The Labute approximate surface area is 156 Å². The van der Waals surface area contributed by atoms with E-state index in [1.807, 2.05) is 6.07 Å². The number of aromatic nitrogens is 1. The van der Waals surface area contributed by atoms with Crippen molar-refractivity contribution >= 4 is 10.0 Å². The molecule has 0 aliphatic carbocycles. The molecule has 1 aromatic carbocycles. The van der Waals surface area contributed by atoms with E-state index in [2.05, 4.69) is 10.1 Å². The van der Waals surface area contributed by atoms with Gasteiger partial charge in [-0.2, -0.15) is 4.31 Å². The number of benzene rings is 1. The molecule has 3 heterocycles. The molecule has 0 bridgehead atoms. The molecule has 4 rings (SSSR count). The van der Waals surface area contributed by atoms with Crippen molar-refractivity contribution in [1.29, 1.82) is 0 Å². The van der Waals surface area contributed by atoms with Crippen LogP contribution < -0.4 is 0 Å². The molecular weight excluding hydrogens is 373 g/mol. The van der Waals surface area contributed by atoms with Crippen molar-refractivity contribution in [3.63, 3.8) is 0 Å². The molecule has 1 aliphatic heterocycles. The minimum Gasteiger partial charge on any atom is -0.461 e. The average Bonchev–Trinajstić information content (AvgIpc) is 3.34. The quantitative estimate of drug-likeness (QED) is 0.665. The van der Waals surface area contributed by atoms with E-state index in [0.29, 0.717) is 44.2 Å². The molecule has 0 unspecified atom stereocenters. The lowest BCUT2D eigenvalue weighted by atomic mass is 10.3. The Morgan fingerprint density at radius 1 is 1.04 bits per heavy atom. The molecular formula is C18H18FN3O4S. The fourth-order valence-corrected chi connectivity index (χ4v) is 4.51. The van der Waals surface area contributed by atoms with E-state index in [1.165, 1.54) is 22.5 Å². The summed E-state index contributed by atoms with van der Waals surface area (Å²) in [6, 6.07) is 10.5. The van der Waals surface area contributed by atoms with Gasteiger partial charge < -0.3 is 8.94 Å². The lowest BCUT2D eigenvalue weighted by molar-refractivity contribution is 0.178. The Bertz CT molecular complexity index is 1010. The average molecular weight is 391 g/mol. The summed E-state index contributed by atoms with van der Waals surface area (Å²) in [7, 11) is -3.69. The Morgan fingerprint density at radius 3 is 2.56 bits per heavy atom. The predicted molar refractivity (Wildman–Crippen MR) is 94.6 cm³/mol. The SMILES string of the molecule is O=S(=O)(c1cccc(F)c1)N1CCN(Cc2cc(-c3ccco3)on2)CC1. The standard InChI is InChI=1S/C18H18FN3O4S/c19-14-3-1-4-16(11-14)27(23,24)22-8-6-21(7-9-22)13-15-12-18(26-20-15)17-5-2-10-25-17/h1-5,10-12H,6-9,13H2. The van der Waals surface area contributed by atoms with Crippen molar-refractivity contribution < 1.29 is 21.7 Å². The number of rotatable bonds is 5. The van der Waals surface area contributed by atoms with Gasteiger partial charge in [-0.1, -0.05) is 11.2 Å². The number of sulfonamides is 1. The minimum absolute atomic E-state index is 0.0180. The van der Waals surface area contributed by atoms with Crippen molar-refractivity contribution in [2.45, 2.75) is 11.4 Å². The lowest BCUT2D eigenvalue weighted by Crippen LogP contribution is -2.48. The van der Waals surface area contributed by atoms with Crippen molar-refractivity contribution in [2.75, 3.05) is 26.2 Å². The van der Waals surface area contributed by atoms with Crippen LogP contribution in [0, 0.1) is 5.82 Å². The molecule has 27 heavy (non-hydrogen) atoms. The van der Waals surface area contributed by atoms with Crippen LogP contribution in [0.25, 0.3) is 11.5 Å². The first-order chi connectivity index (χ1) is 13.0. The van der Waals surface area contributed by atoms with E-state index < -0.39 is 15.8 Å². The fourth-order valence-electron chi connectivity index (χ4n) is 3.05. The van der Waals surface area contributed by atoms with E-state index >= 15 is 0 Å². The monoisotopic (exact) mass is 391 g/mol. The zero-order valence-electron chi connectivity index (χ0n) is 14.4. The van der Waals surface area contributed by atoms with Gasteiger partial charge in [0, 0.05) is 38.8 Å². The maximum absolute atomic E-state index is 13.4. The van der Waals surface area contributed by atoms with Crippen LogP contribution in [-0.2, 0) is 16.6 Å². The van der Waals surface area contributed by atoms with Gasteiger partial charge in [-0.15, -0.1) is 0 Å². The number of halogens is 1. The van der Waals surface area contributed by atoms with E-state index in [0.717, 1.165) is 11.8 Å². The maximum atomic E-state index is 13.4. The van der Waals surface area contributed by atoms with Gasteiger partial charge in [-0.25, -0.2) is 12.8 Å². The summed E-state index contributed by atoms with van der Waals surface area (Å²) in [4.78, 5) is 2.08. The Kier molecular flexibility index (Phi) is 4.81. The zero-order chi connectivity index (χ0) is 18.9. The van der Waals surface area contributed by atoms with Crippen molar-refractivity contribution in [2.24, 2.45) is 0 Å². The topological polar surface area (TPSA) is 79.8 Å². The van der Waals surface area contributed by atoms with Crippen LogP contribution in [0.3, 0.4) is 0 Å². The highest BCUT2D eigenvalue weighted by Gasteiger charge is 2.29. The van der Waals surface area contributed by atoms with Gasteiger partial charge in [0.2, 0.25) is 15.8 Å². The van der Waals surface area contributed by atoms with Crippen LogP contribution in [0.2, 0.25) is 0 Å². The van der Waals surface area contributed by atoms with Crippen molar-refractivity contribution in [3.05, 3.63) is 60.2 Å². The van der Waals surface area contributed by atoms with Gasteiger partial charge in [-0.3, -0.25) is 4.90 Å². The summed E-state index contributed by atoms with van der Waals surface area (Å²) in [5, 5.41) is 4.04. The minimum atomic E-state index is -3.69. The largest absolute Gasteiger partial charge is 0.461 e. The third kappa shape index (κ3) is 3.80. The third-order valence-corrected chi connectivity index (χ3v) is 6.37. The van der Waals surface area contributed by atoms with Crippen LogP contribution in [0.15, 0.2) is 62.6 Å². The second-order valence-electron chi connectivity index (χ2n) is 6.30. The lowest BCUT2D eigenvalue weighted by Gasteiger charge is -2.33. The molecule has 2 aromatic heterocycles. The number of hydrogen-bond donors (Lipinski definition) is 0. The van der Waals surface area contributed by atoms with Gasteiger partial charge in [-0.05, 0) is 30.3 Å². The van der Waals surface area contributed by atoms with E-state index in [-0.39, 0.29) is 4.90 Å². The highest BCUT2D eigenvalue weighted by molar-refractivity contribution is 7.89. The molecule has 3 aromatic rings. The summed E-state index contributed by atoms with van der Waals surface area (Å²) in [6.07, 6.45) is 1.57. The van der Waals surface area contributed by atoms with Crippen LogP contribution in [0.1, 0.15) is 5.69 Å². The molecule has 0 atom stereocenters. The highest BCUT2D eigenvalue weighted by atomic mass is 32.2. The van der Waals surface area contributed by atoms with Crippen molar-refractivity contribution in [1.82, 2.24) is 14.4 Å². The van der Waals surface area contributed by atoms with E-state index in [4.69, 9.17) is 8.94 Å². The smallest absolute Gasteiger partial charge is 0.243 e. The van der Waals surface area contributed by atoms with Crippen molar-refractivity contribution in [3.8, 4) is 11.5 Å². The normalized spacial score (nSPS) is 16.6. The number of nitrogens with zero attached hydrogens (tertiary/aromatic N) is 3.